The van der Waals surface area contributed by atoms with Gasteiger partial charge in [-0.05, 0) is 13.8 Å². The second kappa shape index (κ2) is 2.67. The van der Waals surface area contributed by atoms with Gasteiger partial charge in [0.1, 0.15) is 6.79 Å². The van der Waals surface area contributed by atoms with Crippen LogP contribution in [0.4, 0.5) is 0 Å². The molecule has 2 heteroatoms. The number of hydrogen-bond acceptors (Lipinski definition) is 2. The summed E-state index contributed by atoms with van der Waals surface area (Å²) in [5, 5.41) is 0. The van der Waals surface area contributed by atoms with Gasteiger partial charge < -0.3 is 9.47 Å². The summed E-state index contributed by atoms with van der Waals surface area (Å²) in [6.07, 6.45) is 0.711. The first-order valence-electron chi connectivity index (χ1n) is 3.45. The van der Waals surface area contributed by atoms with Crippen molar-refractivity contribution in [1.82, 2.24) is 0 Å². The fraction of sp³-hybridized carbons (Fsp3) is 1.00. The second-order valence-corrected chi connectivity index (χ2v) is 2.72. The maximum atomic E-state index is 5.24. The van der Waals surface area contributed by atoms with Crippen molar-refractivity contribution >= 4 is 0 Å². The van der Waals surface area contributed by atoms with Crippen LogP contribution >= 0.6 is 0 Å². The molecule has 0 spiro atoms. The van der Waals surface area contributed by atoms with E-state index in [1.54, 1.807) is 0 Å². The molecule has 2 nitrogen and oxygen atoms in total. The Labute approximate surface area is 56.2 Å². The SMILES string of the molecule is CC1[C@@H](C)OCO[C@@H]1C. The van der Waals surface area contributed by atoms with Gasteiger partial charge in [-0.2, -0.15) is 0 Å². The summed E-state index contributed by atoms with van der Waals surface area (Å²) in [6, 6.07) is 0. The van der Waals surface area contributed by atoms with Crippen LogP contribution in [0.2, 0.25) is 0 Å². The molecule has 0 aromatic rings. The van der Waals surface area contributed by atoms with Gasteiger partial charge in [-0.15, -0.1) is 0 Å². The number of hydrogen-bond donors (Lipinski definition) is 0. The highest BCUT2D eigenvalue weighted by Gasteiger charge is 2.24. The molecule has 1 rings (SSSR count). The zero-order chi connectivity index (χ0) is 6.85. The van der Waals surface area contributed by atoms with E-state index in [-0.39, 0.29) is 0 Å². The van der Waals surface area contributed by atoms with Crippen LogP contribution in [0.5, 0.6) is 0 Å². The molecular weight excluding hydrogens is 116 g/mol. The maximum absolute atomic E-state index is 5.24. The Bertz CT molecular complexity index is 82.9. The summed E-state index contributed by atoms with van der Waals surface area (Å²) < 4.78 is 10.5. The molecule has 0 saturated carbocycles. The molecule has 0 radical (unpaired) electrons. The Hall–Kier alpha value is -0.0800. The topological polar surface area (TPSA) is 18.5 Å². The van der Waals surface area contributed by atoms with Gasteiger partial charge in [0.2, 0.25) is 0 Å². The van der Waals surface area contributed by atoms with Gasteiger partial charge in [0.05, 0.1) is 12.2 Å². The molecule has 9 heavy (non-hydrogen) atoms. The van der Waals surface area contributed by atoms with E-state index in [0.29, 0.717) is 24.9 Å². The molecule has 0 aromatic carbocycles. The van der Waals surface area contributed by atoms with E-state index in [4.69, 9.17) is 9.47 Å². The number of ether oxygens (including phenoxy) is 2. The molecule has 1 saturated heterocycles. The minimum Gasteiger partial charge on any atom is -0.352 e. The quantitative estimate of drug-likeness (QED) is 0.493. The normalized spacial score (nSPS) is 39.0. The molecule has 1 fully saturated rings. The third kappa shape index (κ3) is 1.43. The van der Waals surface area contributed by atoms with E-state index >= 15 is 0 Å². The van der Waals surface area contributed by atoms with E-state index in [2.05, 4.69) is 20.8 Å². The van der Waals surface area contributed by atoms with Crippen LogP contribution in [-0.4, -0.2) is 19.0 Å². The van der Waals surface area contributed by atoms with Crippen LogP contribution in [0.1, 0.15) is 20.8 Å². The molecule has 2 atom stereocenters. The van der Waals surface area contributed by atoms with Crippen LogP contribution in [0.25, 0.3) is 0 Å². The molecule has 0 unspecified atom stereocenters. The summed E-state index contributed by atoms with van der Waals surface area (Å²) >= 11 is 0. The lowest BCUT2D eigenvalue weighted by atomic mass is 10.00. The molecule has 0 amide bonds. The van der Waals surface area contributed by atoms with Gasteiger partial charge in [0.15, 0.2) is 0 Å². The van der Waals surface area contributed by atoms with Crippen molar-refractivity contribution in [1.29, 1.82) is 0 Å². The fourth-order valence-electron chi connectivity index (χ4n) is 0.939. The van der Waals surface area contributed by atoms with Crippen molar-refractivity contribution < 1.29 is 9.47 Å². The zero-order valence-corrected chi connectivity index (χ0v) is 6.26. The van der Waals surface area contributed by atoms with Crippen molar-refractivity contribution in [2.45, 2.75) is 33.0 Å². The van der Waals surface area contributed by atoms with Crippen molar-refractivity contribution in [2.75, 3.05) is 6.79 Å². The van der Waals surface area contributed by atoms with E-state index in [1.807, 2.05) is 0 Å². The van der Waals surface area contributed by atoms with Crippen molar-refractivity contribution in [3.63, 3.8) is 0 Å². The van der Waals surface area contributed by atoms with E-state index < -0.39 is 0 Å². The average molecular weight is 130 g/mol. The summed E-state index contributed by atoms with van der Waals surface area (Å²) in [7, 11) is 0. The van der Waals surface area contributed by atoms with Gasteiger partial charge in [-0.25, -0.2) is 0 Å². The first-order valence-corrected chi connectivity index (χ1v) is 3.45. The molecule has 0 aromatic heterocycles. The van der Waals surface area contributed by atoms with Crippen LogP contribution in [0.15, 0.2) is 0 Å². The van der Waals surface area contributed by atoms with Crippen LogP contribution in [0.3, 0.4) is 0 Å². The Balaban J connectivity index is 2.41. The standard InChI is InChI=1S/C7H14O2/c1-5-6(2)8-4-9-7(5)3/h5-7H,4H2,1-3H3/t6-,7-/m1/s1. The van der Waals surface area contributed by atoms with Crippen LogP contribution in [0, 0.1) is 5.92 Å². The lowest BCUT2D eigenvalue weighted by Crippen LogP contribution is -2.36. The third-order valence-electron chi connectivity index (χ3n) is 2.14. The molecule has 0 bridgehead atoms. The van der Waals surface area contributed by atoms with Crippen molar-refractivity contribution in [2.24, 2.45) is 5.92 Å². The molecule has 0 N–H and O–H groups in total. The first kappa shape index (κ1) is 7.03. The maximum Gasteiger partial charge on any atom is 0.147 e. The van der Waals surface area contributed by atoms with Gasteiger partial charge in [0, 0.05) is 5.92 Å². The highest BCUT2D eigenvalue weighted by Crippen LogP contribution is 2.18. The van der Waals surface area contributed by atoms with Gasteiger partial charge in [-0.3, -0.25) is 0 Å². The van der Waals surface area contributed by atoms with Crippen molar-refractivity contribution in [3.05, 3.63) is 0 Å². The molecular formula is C7H14O2. The fourth-order valence-corrected chi connectivity index (χ4v) is 0.939. The van der Waals surface area contributed by atoms with Crippen LogP contribution < -0.4 is 0 Å². The first-order chi connectivity index (χ1) is 4.22. The molecule has 1 aliphatic rings. The van der Waals surface area contributed by atoms with E-state index in [9.17, 15) is 0 Å². The molecule has 0 aliphatic carbocycles. The highest BCUT2D eigenvalue weighted by atomic mass is 16.7. The van der Waals surface area contributed by atoms with Gasteiger partial charge in [0.25, 0.3) is 0 Å². The van der Waals surface area contributed by atoms with Gasteiger partial charge >= 0.3 is 0 Å². The minimum atomic E-state index is 0.355. The number of rotatable bonds is 0. The van der Waals surface area contributed by atoms with E-state index in [0.717, 1.165) is 0 Å². The van der Waals surface area contributed by atoms with Gasteiger partial charge in [-0.1, -0.05) is 6.92 Å². The minimum absolute atomic E-state index is 0.355. The monoisotopic (exact) mass is 130 g/mol. The second-order valence-electron chi connectivity index (χ2n) is 2.72. The predicted molar refractivity (Wildman–Crippen MR) is 35.1 cm³/mol. The predicted octanol–water partition coefficient (Wildman–Crippen LogP) is 1.40. The Kier molecular flexibility index (Phi) is 2.09. The smallest absolute Gasteiger partial charge is 0.147 e. The zero-order valence-electron chi connectivity index (χ0n) is 6.26. The Morgan fingerprint density at radius 3 is 1.78 bits per heavy atom. The summed E-state index contributed by atoms with van der Waals surface area (Å²) in [5.74, 6) is 0.527. The van der Waals surface area contributed by atoms with E-state index in [1.165, 1.54) is 0 Å². The summed E-state index contributed by atoms with van der Waals surface area (Å²) in [4.78, 5) is 0. The summed E-state index contributed by atoms with van der Waals surface area (Å²) in [6.45, 7) is 6.79. The average Bonchev–Trinajstić information content (AvgIpc) is 1.83. The molecule has 1 aliphatic heterocycles. The van der Waals surface area contributed by atoms with Crippen molar-refractivity contribution in [3.8, 4) is 0 Å². The Morgan fingerprint density at radius 2 is 1.44 bits per heavy atom. The largest absolute Gasteiger partial charge is 0.352 e. The molecule has 54 valence electrons. The summed E-state index contributed by atoms with van der Waals surface area (Å²) in [5.41, 5.74) is 0. The highest BCUT2D eigenvalue weighted by molar-refractivity contribution is 4.69. The third-order valence-corrected chi connectivity index (χ3v) is 2.14. The lowest BCUT2D eigenvalue weighted by molar-refractivity contribution is -0.192. The van der Waals surface area contributed by atoms with Crippen LogP contribution in [-0.2, 0) is 9.47 Å². The lowest BCUT2D eigenvalue weighted by Gasteiger charge is -2.31. The molecule has 1 heterocycles. The Morgan fingerprint density at radius 1 is 1.00 bits per heavy atom.